The average Bonchev–Trinajstić information content (AvgIpc) is 3.39. The van der Waals surface area contributed by atoms with Crippen molar-refractivity contribution in [2.75, 3.05) is 13.2 Å². The molecule has 6 nitrogen and oxygen atoms in total. The number of ether oxygens (including phenoxy) is 3. The van der Waals surface area contributed by atoms with Crippen LogP contribution in [0.25, 0.3) is 0 Å². The van der Waals surface area contributed by atoms with Crippen molar-refractivity contribution in [1.29, 1.82) is 0 Å². The lowest BCUT2D eigenvalue weighted by atomic mass is 10.0. The van der Waals surface area contributed by atoms with Gasteiger partial charge < -0.3 is 14.2 Å². The zero-order valence-electron chi connectivity index (χ0n) is 49.4. The molecule has 1 atom stereocenters. The van der Waals surface area contributed by atoms with Crippen LogP contribution in [0, 0.1) is 0 Å². The number of unbranched alkanes of at least 4 members (excludes halogenated alkanes) is 46. The number of allylic oxidation sites excluding steroid dienone is 4. The van der Waals surface area contributed by atoms with E-state index in [9.17, 15) is 14.4 Å². The van der Waals surface area contributed by atoms with Gasteiger partial charge in [0.1, 0.15) is 13.2 Å². The number of hydrogen-bond donors (Lipinski definition) is 0. The van der Waals surface area contributed by atoms with E-state index < -0.39 is 6.10 Å². The van der Waals surface area contributed by atoms with Gasteiger partial charge in [-0.3, -0.25) is 14.4 Å². The lowest BCUT2D eigenvalue weighted by Gasteiger charge is -2.18. The van der Waals surface area contributed by atoms with Crippen LogP contribution in [0.4, 0.5) is 0 Å². The van der Waals surface area contributed by atoms with Gasteiger partial charge in [-0.05, 0) is 51.4 Å². The van der Waals surface area contributed by atoms with E-state index in [2.05, 4.69) is 45.1 Å². The molecule has 0 saturated heterocycles. The molecule has 0 fully saturated rings. The molecule has 0 aliphatic heterocycles. The van der Waals surface area contributed by atoms with Gasteiger partial charge in [-0.2, -0.15) is 0 Å². The molecule has 430 valence electrons. The van der Waals surface area contributed by atoms with E-state index >= 15 is 0 Å². The molecule has 0 aliphatic carbocycles. The minimum absolute atomic E-state index is 0.0665. The molecule has 0 heterocycles. The molecule has 1 unspecified atom stereocenters. The van der Waals surface area contributed by atoms with Crippen molar-refractivity contribution in [2.24, 2.45) is 0 Å². The predicted molar refractivity (Wildman–Crippen MR) is 316 cm³/mol. The highest BCUT2D eigenvalue weighted by Crippen LogP contribution is 2.18. The van der Waals surface area contributed by atoms with Crippen molar-refractivity contribution in [3.05, 3.63) is 24.3 Å². The summed E-state index contributed by atoms with van der Waals surface area (Å²) in [6.07, 6.45) is 75.1. The fraction of sp³-hybridized carbons (Fsp3) is 0.896. The van der Waals surface area contributed by atoms with Crippen LogP contribution in [-0.4, -0.2) is 37.2 Å². The average molecular weight is 1030 g/mol. The van der Waals surface area contributed by atoms with E-state index in [1.54, 1.807) is 0 Å². The molecule has 0 saturated carbocycles. The Morgan fingerprint density at radius 1 is 0.274 bits per heavy atom. The standard InChI is InChI=1S/C67H126O6/c1-4-7-10-13-16-18-20-22-24-26-28-30-32-33-35-36-38-40-42-44-46-48-51-54-57-60-66(69)72-63-64(62-71-65(68)59-56-53-50-15-12-9-6-3)73-67(70)61-58-55-52-49-47-45-43-41-39-37-34-31-29-27-25-23-21-19-17-14-11-8-5-2/h21,23,27,29,64H,4-20,22,24-26,28,30-63H2,1-3H3/b23-21-,29-27-. The Balaban J connectivity index is 4.06. The summed E-state index contributed by atoms with van der Waals surface area (Å²) < 4.78 is 16.9. The summed E-state index contributed by atoms with van der Waals surface area (Å²) in [6.45, 7) is 6.65. The normalized spacial score (nSPS) is 12.1. The van der Waals surface area contributed by atoms with Gasteiger partial charge in [0.15, 0.2) is 6.10 Å². The number of carbonyl (C=O) groups is 3. The zero-order chi connectivity index (χ0) is 52.9. The van der Waals surface area contributed by atoms with Crippen LogP contribution in [0.3, 0.4) is 0 Å². The van der Waals surface area contributed by atoms with Crippen molar-refractivity contribution in [1.82, 2.24) is 0 Å². The van der Waals surface area contributed by atoms with E-state index in [0.29, 0.717) is 19.3 Å². The number of rotatable bonds is 61. The minimum Gasteiger partial charge on any atom is -0.462 e. The molecular formula is C67H126O6. The molecule has 0 aromatic heterocycles. The second-order valence-corrected chi connectivity index (χ2v) is 22.4. The first kappa shape index (κ1) is 70.9. The molecule has 0 spiro atoms. The van der Waals surface area contributed by atoms with Crippen molar-refractivity contribution < 1.29 is 28.6 Å². The first-order valence-corrected chi connectivity index (χ1v) is 32.8. The van der Waals surface area contributed by atoms with Crippen LogP contribution in [0.1, 0.15) is 367 Å². The largest absolute Gasteiger partial charge is 0.462 e. The van der Waals surface area contributed by atoms with Gasteiger partial charge in [0, 0.05) is 19.3 Å². The van der Waals surface area contributed by atoms with Gasteiger partial charge in [-0.15, -0.1) is 0 Å². The fourth-order valence-electron chi connectivity index (χ4n) is 10.0. The van der Waals surface area contributed by atoms with Crippen molar-refractivity contribution in [3.63, 3.8) is 0 Å². The maximum atomic E-state index is 12.9. The molecule has 0 aromatic rings. The van der Waals surface area contributed by atoms with Crippen LogP contribution >= 0.6 is 0 Å². The van der Waals surface area contributed by atoms with Crippen molar-refractivity contribution in [2.45, 2.75) is 374 Å². The highest BCUT2D eigenvalue weighted by Gasteiger charge is 2.19. The summed E-state index contributed by atoms with van der Waals surface area (Å²) in [5.74, 6) is -0.850. The Morgan fingerprint density at radius 3 is 0.753 bits per heavy atom. The van der Waals surface area contributed by atoms with E-state index in [1.807, 2.05) is 0 Å². The summed E-state index contributed by atoms with van der Waals surface area (Å²) in [6, 6.07) is 0. The molecule has 0 N–H and O–H groups in total. The Labute approximate surface area is 455 Å². The third kappa shape index (κ3) is 60.6. The maximum Gasteiger partial charge on any atom is 0.306 e. The van der Waals surface area contributed by atoms with Gasteiger partial charge in [0.05, 0.1) is 0 Å². The van der Waals surface area contributed by atoms with Crippen LogP contribution in [0.5, 0.6) is 0 Å². The van der Waals surface area contributed by atoms with E-state index in [-0.39, 0.29) is 31.1 Å². The minimum atomic E-state index is -0.767. The summed E-state index contributed by atoms with van der Waals surface area (Å²) in [4.78, 5) is 38.1. The van der Waals surface area contributed by atoms with Crippen LogP contribution in [0.15, 0.2) is 24.3 Å². The summed E-state index contributed by atoms with van der Waals surface area (Å²) in [7, 11) is 0. The fourth-order valence-corrected chi connectivity index (χ4v) is 10.0. The first-order valence-electron chi connectivity index (χ1n) is 32.8. The first-order chi connectivity index (χ1) is 36.0. The topological polar surface area (TPSA) is 78.9 Å². The predicted octanol–water partition coefficient (Wildman–Crippen LogP) is 22.2. The third-order valence-electron chi connectivity index (χ3n) is 15.0. The molecule has 0 bridgehead atoms. The lowest BCUT2D eigenvalue weighted by Crippen LogP contribution is -2.30. The quantitative estimate of drug-likeness (QED) is 0.0261. The van der Waals surface area contributed by atoms with E-state index in [1.165, 1.54) is 263 Å². The SMILES string of the molecule is CCCCCCC/C=C\C/C=C\CCCCCCCCCCCCCC(=O)OC(COC(=O)CCCCCCCCC)COC(=O)CCCCCCCCCCCCCCCCCCCCCCCCCCC. The Hall–Kier alpha value is -2.11. The Bertz CT molecular complexity index is 1180. The molecule has 0 aromatic carbocycles. The highest BCUT2D eigenvalue weighted by atomic mass is 16.6. The smallest absolute Gasteiger partial charge is 0.306 e. The van der Waals surface area contributed by atoms with Gasteiger partial charge in [-0.25, -0.2) is 0 Å². The number of esters is 3. The van der Waals surface area contributed by atoms with Gasteiger partial charge in [0.25, 0.3) is 0 Å². The Morgan fingerprint density at radius 2 is 0.493 bits per heavy atom. The van der Waals surface area contributed by atoms with Gasteiger partial charge >= 0.3 is 17.9 Å². The molecule has 6 heteroatoms. The second kappa shape index (κ2) is 62.4. The Kier molecular flexibility index (Phi) is 60.6. The number of carbonyl (C=O) groups excluding carboxylic acids is 3. The molecule has 0 radical (unpaired) electrons. The second-order valence-electron chi connectivity index (χ2n) is 22.4. The van der Waals surface area contributed by atoms with Crippen molar-refractivity contribution in [3.8, 4) is 0 Å². The zero-order valence-corrected chi connectivity index (χ0v) is 49.4. The molecule has 0 amide bonds. The molecule has 0 aliphatic rings. The maximum absolute atomic E-state index is 12.9. The summed E-state index contributed by atoms with van der Waals surface area (Å²) in [5, 5.41) is 0. The van der Waals surface area contributed by atoms with E-state index in [0.717, 1.165) is 64.2 Å². The van der Waals surface area contributed by atoms with E-state index in [4.69, 9.17) is 14.2 Å². The van der Waals surface area contributed by atoms with Crippen LogP contribution in [0.2, 0.25) is 0 Å². The summed E-state index contributed by atoms with van der Waals surface area (Å²) >= 11 is 0. The monoisotopic (exact) mass is 1030 g/mol. The van der Waals surface area contributed by atoms with Gasteiger partial charge in [-0.1, -0.05) is 321 Å². The third-order valence-corrected chi connectivity index (χ3v) is 15.0. The van der Waals surface area contributed by atoms with Crippen LogP contribution in [-0.2, 0) is 28.6 Å². The molecule has 0 rings (SSSR count). The lowest BCUT2D eigenvalue weighted by molar-refractivity contribution is -0.167. The highest BCUT2D eigenvalue weighted by molar-refractivity contribution is 5.71. The number of hydrogen-bond acceptors (Lipinski definition) is 6. The van der Waals surface area contributed by atoms with Gasteiger partial charge in [0.2, 0.25) is 0 Å². The van der Waals surface area contributed by atoms with Crippen LogP contribution < -0.4 is 0 Å². The summed E-state index contributed by atoms with van der Waals surface area (Å²) in [5.41, 5.74) is 0. The molecular weight excluding hydrogens is 901 g/mol. The molecule has 73 heavy (non-hydrogen) atoms. The van der Waals surface area contributed by atoms with Crippen molar-refractivity contribution >= 4 is 17.9 Å².